The van der Waals surface area contributed by atoms with Crippen LogP contribution in [0.5, 0.6) is 0 Å². The average molecular weight is 293 g/mol. The Kier molecular flexibility index (Phi) is 3.93. The molecule has 2 aliphatic carbocycles. The number of rotatable bonds is 2. The third-order valence-electron chi connectivity index (χ3n) is 5.15. The molecule has 1 heterocycles. The minimum absolute atomic E-state index is 0.191. The molecule has 0 radical (unpaired) electrons. The largest absolute Gasteiger partial charge is 0.387 e. The van der Waals surface area contributed by atoms with Gasteiger partial charge in [0.1, 0.15) is 0 Å². The van der Waals surface area contributed by atoms with Crippen LogP contribution in [0.25, 0.3) is 0 Å². The van der Waals surface area contributed by atoms with Gasteiger partial charge in [-0.1, -0.05) is 40.0 Å². The Labute approximate surface area is 126 Å². The van der Waals surface area contributed by atoms with Gasteiger partial charge in [0.15, 0.2) is 0 Å². The second-order valence-electron chi connectivity index (χ2n) is 7.56. The van der Waals surface area contributed by atoms with Crippen molar-refractivity contribution in [2.24, 2.45) is 11.3 Å². The summed E-state index contributed by atoms with van der Waals surface area (Å²) in [5.41, 5.74) is 1.38. The molecule has 3 rings (SSSR count). The first-order valence-corrected chi connectivity index (χ1v) is 8.97. The van der Waals surface area contributed by atoms with Gasteiger partial charge in [0, 0.05) is 5.92 Å². The molecule has 20 heavy (non-hydrogen) atoms. The van der Waals surface area contributed by atoms with Gasteiger partial charge in [0.2, 0.25) is 0 Å². The summed E-state index contributed by atoms with van der Waals surface area (Å²) in [6.45, 7) is 6.80. The molecule has 3 heteroatoms. The highest BCUT2D eigenvalue weighted by molar-refractivity contribution is 7.11. The molecule has 0 spiro atoms. The summed E-state index contributed by atoms with van der Waals surface area (Å²) in [6, 6.07) is 0. The van der Waals surface area contributed by atoms with E-state index in [-0.39, 0.29) is 11.5 Å². The monoisotopic (exact) mass is 293 g/mol. The summed E-state index contributed by atoms with van der Waals surface area (Å²) >= 11 is 1.80. The van der Waals surface area contributed by atoms with Crippen LogP contribution in [-0.4, -0.2) is 10.1 Å². The molecule has 0 aromatic carbocycles. The van der Waals surface area contributed by atoms with Crippen LogP contribution in [-0.2, 0) is 6.42 Å². The van der Waals surface area contributed by atoms with E-state index in [4.69, 9.17) is 4.98 Å². The predicted molar refractivity (Wildman–Crippen MR) is 84.2 cm³/mol. The number of aliphatic hydroxyl groups excluding tert-OH is 1. The van der Waals surface area contributed by atoms with E-state index in [9.17, 15) is 5.11 Å². The Morgan fingerprint density at radius 2 is 2.15 bits per heavy atom. The first-order valence-electron chi connectivity index (χ1n) is 8.16. The molecule has 2 aliphatic rings. The van der Waals surface area contributed by atoms with E-state index >= 15 is 0 Å². The fourth-order valence-corrected chi connectivity index (χ4v) is 5.19. The zero-order valence-electron chi connectivity index (χ0n) is 13.0. The molecule has 3 unspecified atom stereocenters. The smallest absolute Gasteiger partial charge is 0.0963 e. The third-order valence-corrected chi connectivity index (χ3v) is 6.51. The Bertz CT molecular complexity index is 479. The van der Waals surface area contributed by atoms with Crippen molar-refractivity contribution in [2.75, 3.05) is 0 Å². The van der Waals surface area contributed by atoms with Crippen molar-refractivity contribution in [2.45, 2.75) is 77.7 Å². The second kappa shape index (κ2) is 5.42. The van der Waals surface area contributed by atoms with Gasteiger partial charge in [-0.3, -0.25) is 0 Å². The minimum Gasteiger partial charge on any atom is -0.387 e. The van der Waals surface area contributed by atoms with E-state index in [0.29, 0.717) is 5.92 Å². The molecule has 0 aliphatic heterocycles. The van der Waals surface area contributed by atoms with Crippen molar-refractivity contribution in [3.63, 3.8) is 0 Å². The number of nitrogens with zero attached hydrogens (tertiary/aromatic N) is 1. The number of hydrogen-bond acceptors (Lipinski definition) is 3. The van der Waals surface area contributed by atoms with Crippen LogP contribution in [0.1, 0.15) is 86.9 Å². The quantitative estimate of drug-likeness (QED) is 0.847. The number of hydrogen-bond donors (Lipinski definition) is 1. The van der Waals surface area contributed by atoms with Crippen LogP contribution in [0.2, 0.25) is 0 Å². The first kappa shape index (κ1) is 14.5. The molecular formula is C17H27NOS. The average Bonchev–Trinajstić information content (AvgIpc) is 2.81. The zero-order valence-corrected chi connectivity index (χ0v) is 13.8. The summed E-state index contributed by atoms with van der Waals surface area (Å²) in [5.74, 6) is 1.54. The van der Waals surface area contributed by atoms with Crippen molar-refractivity contribution in [3.8, 4) is 0 Å². The standard InChI is InChI=1S/C17H27NOS/c1-4-11-6-5-7-12(8-11)16-18-13-9-17(2,3)10-14(19)15(13)20-16/h11-12,14,19H,4-10H2,1-3H3. The van der Waals surface area contributed by atoms with E-state index < -0.39 is 0 Å². The molecule has 1 N–H and O–H groups in total. The lowest BCUT2D eigenvalue weighted by atomic mass is 9.77. The summed E-state index contributed by atoms with van der Waals surface area (Å²) in [7, 11) is 0. The highest BCUT2D eigenvalue weighted by Crippen LogP contribution is 2.46. The molecule has 1 aromatic heterocycles. The van der Waals surface area contributed by atoms with E-state index in [0.717, 1.165) is 23.6 Å². The van der Waals surface area contributed by atoms with Crippen LogP contribution in [0.4, 0.5) is 0 Å². The van der Waals surface area contributed by atoms with Crippen molar-refractivity contribution < 1.29 is 5.11 Å². The number of thiazole rings is 1. The first-order chi connectivity index (χ1) is 9.48. The second-order valence-corrected chi connectivity index (χ2v) is 8.62. The maximum absolute atomic E-state index is 10.4. The van der Waals surface area contributed by atoms with Crippen molar-refractivity contribution >= 4 is 11.3 Å². The van der Waals surface area contributed by atoms with Gasteiger partial charge >= 0.3 is 0 Å². The summed E-state index contributed by atoms with van der Waals surface area (Å²) in [5, 5.41) is 11.7. The van der Waals surface area contributed by atoms with Crippen LogP contribution < -0.4 is 0 Å². The zero-order chi connectivity index (χ0) is 14.3. The van der Waals surface area contributed by atoms with Crippen molar-refractivity contribution in [1.82, 2.24) is 4.98 Å². The molecule has 2 nitrogen and oxygen atoms in total. The molecule has 3 atom stereocenters. The molecule has 0 saturated heterocycles. The molecule has 1 fully saturated rings. The van der Waals surface area contributed by atoms with E-state index in [1.54, 1.807) is 11.3 Å². The van der Waals surface area contributed by atoms with Gasteiger partial charge in [-0.25, -0.2) is 4.98 Å². The van der Waals surface area contributed by atoms with E-state index in [1.807, 2.05) is 0 Å². The van der Waals surface area contributed by atoms with Crippen LogP contribution >= 0.6 is 11.3 Å². The van der Waals surface area contributed by atoms with E-state index in [2.05, 4.69) is 20.8 Å². The van der Waals surface area contributed by atoms with Gasteiger partial charge < -0.3 is 5.11 Å². The summed E-state index contributed by atoms with van der Waals surface area (Å²) in [4.78, 5) is 6.11. The lowest BCUT2D eigenvalue weighted by Gasteiger charge is -2.31. The van der Waals surface area contributed by atoms with Crippen molar-refractivity contribution in [3.05, 3.63) is 15.6 Å². The molecular weight excluding hydrogens is 266 g/mol. The molecule has 1 aromatic rings. The van der Waals surface area contributed by atoms with Gasteiger partial charge in [-0.15, -0.1) is 11.3 Å². The number of aromatic nitrogens is 1. The fraction of sp³-hybridized carbons (Fsp3) is 0.824. The Hall–Kier alpha value is -0.410. The van der Waals surface area contributed by atoms with Gasteiger partial charge in [-0.2, -0.15) is 0 Å². The summed E-state index contributed by atoms with van der Waals surface area (Å²) in [6.07, 6.45) is 8.27. The Balaban J connectivity index is 1.83. The number of fused-ring (bicyclic) bond motifs is 1. The third kappa shape index (κ3) is 2.80. The maximum atomic E-state index is 10.4. The molecule has 0 amide bonds. The predicted octanol–water partition coefficient (Wildman–Crippen LogP) is 4.83. The highest BCUT2D eigenvalue weighted by Gasteiger charge is 2.35. The molecule has 0 bridgehead atoms. The van der Waals surface area contributed by atoms with Crippen LogP contribution in [0.3, 0.4) is 0 Å². The normalized spacial score (nSPS) is 32.9. The number of aliphatic hydroxyl groups is 1. The molecule has 112 valence electrons. The van der Waals surface area contributed by atoms with Gasteiger partial charge in [-0.05, 0) is 37.0 Å². The Morgan fingerprint density at radius 1 is 1.35 bits per heavy atom. The lowest BCUT2D eigenvalue weighted by molar-refractivity contribution is 0.102. The van der Waals surface area contributed by atoms with Crippen LogP contribution in [0.15, 0.2) is 0 Å². The maximum Gasteiger partial charge on any atom is 0.0963 e. The topological polar surface area (TPSA) is 33.1 Å². The van der Waals surface area contributed by atoms with Gasteiger partial charge in [0.05, 0.1) is 21.7 Å². The van der Waals surface area contributed by atoms with Crippen LogP contribution in [0, 0.1) is 11.3 Å². The van der Waals surface area contributed by atoms with Gasteiger partial charge in [0.25, 0.3) is 0 Å². The lowest BCUT2D eigenvalue weighted by Crippen LogP contribution is -2.24. The fourth-order valence-electron chi connectivity index (χ4n) is 3.97. The molecule has 1 saturated carbocycles. The highest BCUT2D eigenvalue weighted by atomic mass is 32.1. The van der Waals surface area contributed by atoms with Crippen molar-refractivity contribution in [1.29, 1.82) is 0 Å². The summed E-state index contributed by atoms with van der Waals surface area (Å²) < 4.78 is 0. The Morgan fingerprint density at radius 3 is 2.90 bits per heavy atom. The van der Waals surface area contributed by atoms with E-state index in [1.165, 1.54) is 42.8 Å². The SMILES string of the molecule is CCC1CCCC(c2nc3c(s2)C(O)CC(C)(C)C3)C1. The minimum atomic E-state index is -0.287.